The number of alkyl halides is 3. The highest BCUT2D eigenvalue weighted by molar-refractivity contribution is 5.26. The van der Waals surface area contributed by atoms with Crippen LogP contribution in [0.15, 0.2) is 24.3 Å². The van der Waals surface area contributed by atoms with Crippen molar-refractivity contribution < 1.29 is 18.3 Å². The predicted octanol–water partition coefficient (Wildman–Crippen LogP) is 1.83. The molecule has 0 amide bonds. The molecule has 0 saturated carbocycles. The zero-order valence-electron chi connectivity index (χ0n) is 9.17. The van der Waals surface area contributed by atoms with Gasteiger partial charge in [-0.2, -0.15) is 13.2 Å². The number of nitrogens with one attached hydrogen (secondary N) is 1. The summed E-state index contributed by atoms with van der Waals surface area (Å²) in [4.78, 5) is 0. The third-order valence-corrected chi connectivity index (χ3v) is 3.06. The zero-order valence-corrected chi connectivity index (χ0v) is 9.17. The molecule has 2 unspecified atom stereocenters. The van der Waals surface area contributed by atoms with Crippen molar-refractivity contribution in [3.8, 4) is 0 Å². The van der Waals surface area contributed by atoms with E-state index in [-0.39, 0.29) is 5.92 Å². The van der Waals surface area contributed by atoms with Crippen LogP contribution in [0.2, 0.25) is 0 Å². The standard InChI is InChI=1S/C12H14F3NO/c13-12(14,15)10-3-1-2-8(5-10)4-9-6-16-7-11(9)17/h1-3,5,9,11,16-17H,4,6-7H2. The Hall–Kier alpha value is -1.07. The Balaban J connectivity index is 2.11. The summed E-state index contributed by atoms with van der Waals surface area (Å²) in [6.45, 7) is 1.17. The zero-order chi connectivity index (χ0) is 12.5. The summed E-state index contributed by atoms with van der Waals surface area (Å²) in [5.74, 6) is -0.00140. The third-order valence-electron chi connectivity index (χ3n) is 3.06. The van der Waals surface area contributed by atoms with E-state index in [0.717, 1.165) is 12.1 Å². The number of hydrogen-bond acceptors (Lipinski definition) is 2. The summed E-state index contributed by atoms with van der Waals surface area (Å²) in [7, 11) is 0. The number of β-amino-alcohol motifs (C(OH)–C–C–N with tert-alkyl or cyclic N) is 1. The van der Waals surface area contributed by atoms with Gasteiger partial charge in [-0.15, -0.1) is 0 Å². The molecule has 2 atom stereocenters. The fraction of sp³-hybridized carbons (Fsp3) is 0.500. The predicted molar refractivity (Wildman–Crippen MR) is 57.5 cm³/mol. The smallest absolute Gasteiger partial charge is 0.391 e. The molecule has 0 radical (unpaired) electrons. The van der Waals surface area contributed by atoms with Crippen molar-refractivity contribution in [2.24, 2.45) is 5.92 Å². The van der Waals surface area contributed by atoms with Crippen molar-refractivity contribution in [1.29, 1.82) is 0 Å². The summed E-state index contributed by atoms with van der Waals surface area (Å²) >= 11 is 0. The van der Waals surface area contributed by atoms with E-state index in [9.17, 15) is 18.3 Å². The molecule has 0 aliphatic carbocycles. The maximum absolute atomic E-state index is 12.5. The molecule has 94 valence electrons. The number of benzene rings is 1. The Morgan fingerprint density at radius 2 is 2.06 bits per heavy atom. The summed E-state index contributed by atoms with van der Waals surface area (Å²) in [5, 5.41) is 12.6. The highest BCUT2D eigenvalue weighted by atomic mass is 19.4. The molecule has 17 heavy (non-hydrogen) atoms. The summed E-state index contributed by atoms with van der Waals surface area (Å²) in [5.41, 5.74) is -0.0111. The third kappa shape index (κ3) is 2.98. The average molecular weight is 245 g/mol. The van der Waals surface area contributed by atoms with Crippen molar-refractivity contribution in [1.82, 2.24) is 5.32 Å². The van der Waals surface area contributed by atoms with E-state index in [2.05, 4.69) is 5.32 Å². The highest BCUT2D eigenvalue weighted by Gasteiger charge is 2.31. The molecular formula is C12H14F3NO. The second-order valence-electron chi connectivity index (χ2n) is 4.39. The first kappa shape index (κ1) is 12.4. The van der Waals surface area contributed by atoms with E-state index in [4.69, 9.17) is 0 Å². The maximum atomic E-state index is 12.5. The molecule has 2 nitrogen and oxygen atoms in total. The van der Waals surface area contributed by atoms with Crippen LogP contribution < -0.4 is 5.32 Å². The van der Waals surface area contributed by atoms with Gasteiger partial charge in [-0.1, -0.05) is 18.2 Å². The SMILES string of the molecule is OC1CNCC1Cc1cccc(C(F)(F)F)c1. The second-order valence-corrected chi connectivity index (χ2v) is 4.39. The van der Waals surface area contributed by atoms with Crippen LogP contribution in [0.3, 0.4) is 0 Å². The largest absolute Gasteiger partial charge is 0.416 e. The first-order valence-electron chi connectivity index (χ1n) is 5.52. The molecule has 0 aromatic heterocycles. The second kappa shape index (κ2) is 4.66. The van der Waals surface area contributed by atoms with Gasteiger partial charge in [0.25, 0.3) is 0 Å². The van der Waals surface area contributed by atoms with Crippen molar-refractivity contribution in [2.45, 2.75) is 18.7 Å². The summed E-state index contributed by atoms with van der Waals surface area (Å²) < 4.78 is 37.5. The van der Waals surface area contributed by atoms with Gasteiger partial charge in [0, 0.05) is 19.0 Å². The van der Waals surface area contributed by atoms with Crippen LogP contribution in [-0.2, 0) is 12.6 Å². The van der Waals surface area contributed by atoms with Crippen molar-refractivity contribution in [3.05, 3.63) is 35.4 Å². The number of hydrogen-bond donors (Lipinski definition) is 2. The van der Waals surface area contributed by atoms with Gasteiger partial charge in [0.1, 0.15) is 0 Å². The quantitative estimate of drug-likeness (QED) is 0.833. The molecule has 1 saturated heterocycles. The first-order valence-corrected chi connectivity index (χ1v) is 5.52. The Morgan fingerprint density at radius 1 is 1.29 bits per heavy atom. The number of halogens is 3. The molecule has 1 aliphatic rings. The van der Waals surface area contributed by atoms with Gasteiger partial charge < -0.3 is 10.4 Å². The molecule has 1 heterocycles. The van der Waals surface area contributed by atoms with Crippen LogP contribution in [0.4, 0.5) is 13.2 Å². The van der Waals surface area contributed by atoms with Gasteiger partial charge >= 0.3 is 6.18 Å². The Morgan fingerprint density at radius 3 is 2.65 bits per heavy atom. The van der Waals surface area contributed by atoms with E-state index in [1.807, 2.05) is 0 Å². The summed E-state index contributed by atoms with van der Waals surface area (Å²) in [6.07, 6.45) is -4.30. The Kier molecular flexibility index (Phi) is 3.40. The summed E-state index contributed by atoms with van der Waals surface area (Å²) in [6, 6.07) is 5.30. The van der Waals surface area contributed by atoms with Gasteiger partial charge in [0.15, 0.2) is 0 Å². The fourth-order valence-corrected chi connectivity index (χ4v) is 2.10. The monoisotopic (exact) mass is 245 g/mol. The molecule has 1 fully saturated rings. The van der Waals surface area contributed by atoms with Gasteiger partial charge in [-0.25, -0.2) is 0 Å². The van der Waals surface area contributed by atoms with Crippen molar-refractivity contribution in [3.63, 3.8) is 0 Å². The maximum Gasteiger partial charge on any atom is 0.416 e. The first-order chi connectivity index (χ1) is 7.97. The van der Waals surface area contributed by atoms with E-state index >= 15 is 0 Å². The minimum atomic E-state index is -4.30. The molecular weight excluding hydrogens is 231 g/mol. The minimum Gasteiger partial charge on any atom is -0.391 e. The highest BCUT2D eigenvalue weighted by Crippen LogP contribution is 2.30. The normalized spacial score (nSPS) is 25.2. The van der Waals surface area contributed by atoms with Gasteiger partial charge in [0.05, 0.1) is 11.7 Å². The van der Waals surface area contributed by atoms with Crippen LogP contribution in [0.1, 0.15) is 11.1 Å². The van der Waals surface area contributed by atoms with Gasteiger partial charge in [-0.05, 0) is 18.1 Å². The molecule has 2 rings (SSSR count). The van der Waals surface area contributed by atoms with Crippen molar-refractivity contribution >= 4 is 0 Å². The topological polar surface area (TPSA) is 32.3 Å². The lowest BCUT2D eigenvalue weighted by atomic mass is 9.95. The lowest BCUT2D eigenvalue weighted by Crippen LogP contribution is -2.20. The average Bonchev–Trinajstić information content (AvgIpc) is 2.64. The lowest BCUT2D eigenvalue weighted by molar-refractivity contribution is -0.137. The minimum absolute atomic E-state index is 0.00140. The number of rotatable bonds is 2. The van der Waals surface area contributed by atoms with Crippen LogP contribution in [0.25, 0.3) is 0 Å². The number of aliphatic hydroxyl groups is 1. The molecule has 5 heteroatoms. The molecule has 1 aromatic carbocycles. The Bertz CT molecular complexity index is 392. The van der Waals surface area contributed by atoms with E-state index in [1.54, 1.807) is 6.07 Å². The van der Waals surface area contributed by atoms with E-state index < -0.39 is 17.8 Å². The fourth-order valence-electron chi connectivity index (χ4n) is 2.10. The van der Waals surface area contributed by atoms with Crippen LogP contribution in [0, 0.1) is 5.92 Å². The van der Waals surface area contributed by atoms with Gasteiger partial charge in [-0.3, -0.25) is 0 Å². The van der Waals surface area contributed by atoms with Crippen LogP contribution in [0.5, 0.6) is 0 Å². The van der Waals surface area contributed by atoms with E-state index in [0.29, 0.717) is 25.1 Å². The van der Waals surface area contributed by atoms with Crippen LogP contribution >= 0.6 is 0 Å². The Labute approximate surface area is 97.5 Å². The number of aliphatic hydroxyl groups excluding tert-OH is 1. The molecule has 0 spiro atoms. The van der Waals surface area contributed by atoms with Crippen LogP contribution in [-0.4, -0.2) is 24.3 Å². The van der Waals surface area contributed by atoms with Gasteiger partial charge in [0.2, 0.25) is 0 Å². The van der Waals surface area contributed by atoms with E-state index in [1.165, 1.54) is 6.07 Å². The molecule has 2 N–H and O–H groups in total. The molecule has 1 aliphatic heterocycles. The molecule has 1 aromatic rings. The lowest BCUT2D eigenvalue weighted by Gasteiger charge is -2.14. The van der Waals surface area contributed by atoms with Crippen molar-refractivity contribution in [2.75, 3.05) is 13.1 Å². The molecule has 0 bridgehead atoms.